The van der Waals surface area contributed by atoms with Crippen molar-refractivity contribution in [3.8, 4) is 0 Å². The average Bonchev–Trinajstić information content (AvgIpc) is 2.76. The van der Waals surface area contributed by atoms with Crippen LogP contribution in [0.4, 0.5) is 0 Å². The Hall–Kier alpha value is -1.67. The van der Waals surface area contributed by atoms with E-state index in [0.29, 0.717) is 5.92 Å². The number of rotatable bonds is 3. The van der Waals surface area contributed by atoms with Crippen molar-refractivity contribution in [1.82, 2.24) is 4.98 Å². The van der Waals surface area contributed by atoms with Crippen molar-refractivity contribution >= 4 is 22.7 Å². The molecular weight excluding hydrogens is 262 g/mol. The van der Waals surface area contributed by atoms with Gasteiger partial charge in [-0.25, -0.2) is 0 Å². The Kier molecular flexibility index (Phi) is 3.58. The number of hydrogen-bond acceptors (Lipinski definition) is 1. The lowest BCUT2D eigenvalue weighted by Gasteiger charge is -2.12. The van der Waals surface area contributed by atoms with Crippen LogP contribution < -0.4 is 0 Å². The lowest BCUT2D eigenvalue weighted by Crippen LogP contribution is -1.90. The van der Waals surface area contributed by atoms with Crippen LogP contribution in [-0.2, 0) is 0 Å². The van der Waals surface area contributed by atoms with Crippen LogP contribution in [0.5, 0.6) is 0 Å². The van der Waals surface area contributed by atoms with E-state index >= 15 is 0 Å². The molecule has 0 aliphatic carbocycles. The first-order valence-electron chi connectivity index (χ1n) is 7.01. The zero-order chi connectivity index (χ0) is 14.1. The largest absolute Gasteiger partial charge is 0.358 e. The first-order chi connectivity index (χ1) is 9.66. The Balaban J connectivity index is 2.08. The summed E-state index contributed by atoms with van der Waals surface area (Å²) in [7, 11) is 0. The second-order valence-electron chi connectivity index (χ2n) is 5.42. The van der Waals surface area contributed by atoms with Crippen molar-refractivity contribution in [2.24, 2.45) is 0 Å². The van der Waals surface area contributed by atoms with Gasteiger partial charge in [0.05, 0.1) is 0 Å². The number of fused-ring (bicyclic) bond motifs is 1. The maximum absolute atomic E-state index is 3.48. The van der Waals surface area contributed by atoms with E-state index in [-0.39, 0.29) is 0 Å². The number of nitrogens with one attached hydrogen (secondary N) is 1. The molecule has 0 fully saturated rings. The van der Waals surface area contributed by atoms with Crippen molar-refractivity contribution in [1.29, 1.82) is 0 Å². The minimum Gasteiger partial charge on any atom is -0.358 e. The number of aromatic amines is 1. The fraction of sp³-hybridized carbons (Fsp3) is 0.222. The zero-order valence-corrected chi connectivity index (χ0v) is 12.9. The van der Waals surface area contributed by atoms with Gasteiger partial charge < -0.3 is 4.98 Å². The predicted molar refractivity (Wildman–Crippen MR) is 87.7 cm³/mol. The van der Waals surface area contributed by atoms with Crippen LogP contribution in [0.2, 0.25) is 0 Å². The topological polar surface area (TPSA) is 15.8 Å². The molecule has 0 unspecified atom stereocenters. The number of hydrogen-bond donors (Lipinski definition) is 1. The molecule has 3 rings (SSSR count). The molecule has 1 N–H and O–H groups in total. The molecule has 20 heavy (non-hydrogen) atoms. The normalized spacial score (nSPS) is 11.4. The summed E-state index contributed by atoms with van der Waals surface area (Å²) in [6, 6.07) is 17.2. The minimum absolute atomic E-state index is 0.546. The van der Waals surface area contributed by atoms with Crippen LogP contribution in [0.25, 0.3) is 10.9 Å². The molecule has 1 nitrogen and oxygen atoms in total. The number of aryl methyl sites for hydroxylation is 1. The first-order valence-corrected chi connectivity index (χ1v) is 7.82. The molecule has 0 aliphatic rings. The van der Waals surface area contributed by atoms with Gasteiger partial charge in [-0.3, -0.25) is 0 Å². The number of para-hydroxylation sites is 1. The fourth-order valence-electron chi connectivity index (χ4n) is 2.54. The van der Waals surface area contributed by atoms with Crippen molar-refractivity contribution in [2.75, 3.05) is 0 Å². The predicted octanol–water partition coefficient (Wildman–Crippen LogP) is 5.75. The molecule has 1 heterocycles. The summed E-state index contributed by atoms with van der Waals surface area (Å²) in [6.45, 7) is 6.66. The molecule has 0 saturated carbocycles. The van der Waals surface area contributed by atoms with Gasteiger partial charge in [0.2, 0.25) is 0 Å². The molecule has 3 aromatic rings. The fourth-order valence-corrected chi connectivity index (χ4v) is 3.82. The lowest BCUT2D eigenvalue weighted by molar-refractivity contribution is 0.842. The Morgan fingerprint density at radius 2 is 1.65 bits per heavy atom. The maximum Gasteiger partial charge on any atom is 0.0467 e. The summed E-state index contributed by atoms with van der Waals surface area (Å²) in [5.74, 6) is 0.546. The molecule has 1 aromatic heterocycles. The summed E-state index contributed by atoms with van der Waals surface area (Å²) in [6.07, 6.45) is 0. The molecule has 0 aliphatic heterocycles. The number of H-pyrrole nitrogens is 1. The van der Waals surface area contributed by atoms with Crippen LogP contribution in [0.3, 0.4) is 0 Å². The van der Waals surface area contributed by atoms with Crippen molar-refractivity contribution in [3.63, 3.8) is 0 Å². The molecule has 0 spiro atoms. The van der Waals surface area contributed by atoms with Crippen molar-refractivity contribution < 1.29 is 0 Å². The smallest absolute Gasteiger partial charge is 0.0467 e. The Bertz CT molecular complexity index is 740. The van der Waals surface area contributed by atoms with Crippen molar-refractivity contribution in [2.45, 2.75) is 36.5 Å². The summed E-state index contributed by atoms with van der Waals surface area (Å²) in [5, 5.41) is 1.31. The Labute approximate surface area is 124 Å². The van der Waals surface area contributed by atoms with Gasteiger partial charge in [-0.05, 0) is 30.5 Å². The number of aromatic nitrogens is 1. The molecule has 0 saturated heterocycles. The average molecular weight is 281 g/mol. The third-order valence-corrected chi connectivity index (χ3v) is 4.91. The van der Waals surface area contributed by atoms with Gasteiger partial charge in [0.15, 0.2) is 0 Å². The van der Waals surface area contributed by atoms with E-state index in [4.69, 9.17) is 0 Å². The van der Waals surface area contributed by atoms with Gasteiger partial charge in [-0.1, -0.05) is 62.0 Å². The van der Waals surface area contributed by atoms with E-state index in [9.17, 15) is 0 Å². The van der Waals surface area contributed by atoms with Gasteiger partial charge in [-0.2, -0.15) is 0 Å². The van der Waals surface area contributed by atoms with E-state index in [1.54, 1.807) is 0 Å². The van der Waals surface area contributed by atoms with Gasteiger partial charge in [0.25, 0.3) is 0 Å². The zero-order valence-electron chi connectivity index (χ0n) is 12.1. The maximum atomic E-state index is 3.48. The van der Waals surface area contributed by atoms with Crippen LogP contribution in [0.15, 0.2) is 58.3 Å². The van der Waals surface area contributed by atoms with E-state index in [2.05, 4.69) is 74.3 Å². The van der Waals surface area contributed by atoms with Gasteiger partial charge in [0.1, 0.15) is 0 Å². The Morgan fingerprint density at radius 1 is 0.950 bits per heavy atom. The standard InChI is InChI=1S/C18H19NS/c1-12(2)14-8-5-7-11-17(14)20-18-13(3)19-16-10-6-4-9-15(16)18/h4-12,19H,1-3H3. The Morgan fingerprint density at radius 3 is 2.45 bits per heavy atom. The van der Waals surface area contributed by atoms with E-state index in [1.165, 1.54) is 32.0 Å². The second kappa shape index (κ2) is 5.37. The first kappa shape index (κ1) is 13.3. The van der Waals surface area contributed by atoms with Crippen LogP contribution in [-0.4, -0.2) is 4.98 Å². The summed E-state index contributed by atoms with van der Waals surface area (Å²) >= 11 is 1.87. The van der Waals surface area contributed by atoms with Crippen LogP contribution >= 0.6 is 11.8 Å². The summed E-state index contributed by atoms with van der Waals surface area (Å²) in [5.41, 5.74) is 3.88. The van der Waals surface area contributed by atoms with Crippen LogP contribution in [0.1, 0.15) is 31.0 Å². The van der Waals surface area contributed by atoms with Gasteiger partial charge in [0, 0.05) is 26.4 Å². The molecule has 2 aromatic carbocycles. The molecule has 0 atom stereocenters. The monoisotopic (exact) mass is 281 g/mol. The summed E-state index contributed by atoms with van der Waals surface area (Å²) in [4.78, 5) is 6.17. The third kappa shape index (κ3) is 2.36. The highest BCUT2D eigenvalue weighted by Gasteiger charge is 2.12. The van der Waals surface area contributed by atoms with Gasteiger partial charge in [-0.15, -0.1) is 0 Å². The molecule has 2 heteroatoms. The molecule has 0 bridgehead atoms. The SMILES string of the molecule is Cc1[nH]c2ccccc2c1Sc1ccccc1C(C)C. The second-order valence-corrected chi connectivity index (χ2v) is 6.47. The van der Waals surface area contributed by atoms with E-state index < -0.39 is 0 Å². The van der Waals surface area contributed by atoms with E-state index in [1.807, 2.05) is 11.8 Å². The molecule has 0 amide bonds. The molecule has 0 radical (unpaired) electrons. The van der Waals surface area contributed by atoms with Crippen molar-refractivity contribution in [3.05, 3.63) is 59.8 Å². The lowest BCUT2D eigenvalue weighted by atomic mass is 10.0. The highest BCUT2D eigenvalue weighted by atomic mass is 32.2. The third-order valence-electron chi connectivity index (χ3n) is 3.59. The highest BCUT2D eigenvalue weighted by Crippen LogP contribution is 2.39. The summed E-state index contributed by atoms with van der Waals surface area (Å²) < 4.78 is 0. The highest BCUT2D eigenvalue weighted by molar-refractivity contribution is 7.99. The molecular formula is C18H19NS. The quantitative estimate of drug-likeness (QED) is 0.646. The minimum atomic E-state index is 0.546. The van der Waals surface area contributed by atoms with Crippen LogP contribution in [0, 0.1) is 6.92 Å². The van der Waals surface area contributed by atoms with Gasteiger partial charge >= 0.3 is 0 Å². The molecule has 102 valence electrons. The number of benzene rings is 2. The van der Waals surface area contributed by atoms with E-state index in [0.717, 1.165) is 0 Å².